The molecule has 0 radical (unpaired) electrons. The molecule has 3 N–H and O–H groups in total. The van der Waals surface area contributed by atoms with Gasteiger partial charge in [-0.15, -0.1) is 0 Å². The van der Waals surface area contributed by atoms with E-state index >= 15 is 0 Å². The van der Waals surface area contributed by atoms with Gasteiger partial charge in [-0.2, -0.15) is 13.2 Å². The van der Waals surface area contributed by atoms with E-state index in [1.165, 1.54) is 12.1 Å². The predicted molar refractivity (Wildman–Crippen MR) is 55.6 cm³/mol. The van der Waals surface area contributed by atoms with Crippen LogP contribution in [0.3, 0.4) is 0 Å². The van der Waals surface area contributed by atoms with Crippen molar-refractivity contribution in [2.24, 2.45) is 0 Å². The summed E-state index contributed by atoms with van der Waals surface area (Å²) >= 11 is 0. The second-order valence-corrected chi connectivity index (χ2v) is 3.42. The predicted octanol–water partition coefficient (Wildman–Crippen LogP) is 3.28. The molecule has 2 aromatic rings. The summed E-state index contributed by atoms with van der Waals surface area (Å²) in [5.74, 6) is 0.481. The van der Waals surface area contributed by atoms with Crippen molar-refractivity contribution in [3.63, 3.8) is 0 Å². The SMILES string of the molecule is Nc1cc(-c2ccc(C(F)(F)F)cc2)c[nH]1. The molecular weight excluding hydrogens is 217 g/mol. The maximum Gasteiger partial charge on any atom is 0.416 e. The zero-order valence-electron chi connectivity index (χ0n) is 8.18. The maximum absolute atomic E-state index is 12.3. The molecule has 84 valence electrons. The topological polar surface area (TPSA) is 41.8 Å². The minimum Gasteiger partial charge on any atom is -0.385 e. The number of nitrogen functional groups attached to an aromatic ring is 1. The number of alkyl halides is 3. The average Bonchev–Trinajstić information content (AvgIpc) is 2.64. The lowest BCUT2D eigenvalue weighted by Gasteiger charge is -2.06. The van der Waals surface area contributed by atoms with Crippen LogP contribution >= 0.6 is 0 Å². The fraction of sp³-hybridized carbons (Fsp3) is 0.0909. The molecule has 0 amide bonds. The summed E-state index contributed by atoms with van der Waals surface area (Å²) in [6, 6.07) is 6.62. The van der Waals surface area contributed by atoms with E-state index in [1.54, 1.807) is 12.3 Å². The van der Waals surface area contributed by atoms with Gasteiger partial charge in [-0.25, -0.2) is 0 Å². The van der Waals surface area contributed by atoms with E-state index in [4.69, 9.17) is 5.73 Å². The largest absolute Gasteiger partial charge is 0.416 e. The molecule has 0 unspecified atom stereocenters. The maximum atomic E-state index is 12.3. The molecule has 2 rings (SSSR count). The molecule has 0 saturated heterocycles. The highest BCUT2D eigenvalue weighted by atomic mass is 19.4. The third-order valence-electron chi connectivity index (χ3n) is 2.25. The standard InChI is InChI=1S/C11H9F3N2/c12-11(13,14)9-3-1-7(2-4-9)8-5-10(15)16-6-8/h1-6,16H,15H2. The van der Waals surface area contributed by atoms with Gasteiger partial charge in [-0.1, -0.05) is 12.1 Å². The van der Waals surface area contributed by atoms with Gasteiger partial charge >= 0.3 is 6.18 Å². The number of H-pyrrole nitrogens is 1. The minimum atomic E-state index is -4.30. The summed E-state index contributed by atoms with van der Waals surface area (Å²) in [6.45, 7) is 0. The van der Waals surface area contributed by atoms with E-state index in [1.807, 2.05) is 0 Å². The van der Waals surface area contributed by atoms with Crippen LogP contribution in [0, 0.1) is 0 Å². The lowest BCUT2D eigenvalue weighted by molar-refractivity contribution is -0.137. The summed E-state index contributed by atoms with van der Waals surface area (Å²) in [5.41, 5.74) is 6.29. The first-order chi connectivity index (χ1) is 7.47. The first-order valence-corrected chi connectivity index (χ1v) is 4.58. The molecular formula is C11H9F3N2. The van der Waals surface area contributed by atoms with Gasteiger partial charge in [0.1, 0.15) is 5.82 Å². The Balaban J connectivity index is 2.33. The minimum absolute atomic E-state index is 0.481. The number of rotatable bonds is 1. The second kappa shape index (κ2) is 3.59. The summed E-state index contributed by atoms with van der Waals surface area (Å²) in [5, 5.41) is 0. The molecule has 1 aromatic heterocycles. The summed E-state index contributed by atoms with van der Waals surface area (Å²) in [6.07, 6.45) is -2.65. The molecule has 1 aromatic carbocycles. The molecule has 0 spiro atoms. The Labute approximate surface area is 89.9 Å². The van der Waals surface area contributed by atoms with Gasteiger partial charge < -0.3 is 10.7 Å². The molecule has 0 saturated carbocycles. The number of hydrogen-bond donors (Lipinski definition) is 2. The summed E-state index contributed by atoms with van der Waals surface area (Å²) in [7, 11) is 0. The van der Waals surface area contributed by atoms with Crippen LogP contribution in [0.1, 0.15) is 5.56 Å². The molecule has 1 heterocycles. The number of hydrogen-bond acceptors (Lipinski definition) is 1. The van der Waals surface area contributed by atoms with E-state index in [0.717, 1.165) is 17.7 Å². The van der Waals surface area contributed by atoms with E-state index in [0.29, 0.717) is 11.4 Å². The first kappa shape index (κ1) is 10.6. The monoisotopic (exact) mass is 226 g/mol. The third-order valence-corrected chi connectivity index (χ3v) is 2.25. The number of halogens is 3. The van der Waals surface area contributed by atoms with E-state index < -0.39 is 11.7 Å². The smallest absolute Gasteiger partial charge is 0.385 e. The molecule has 0 atom stereocenters. The van der Waals surface area contributed by atoms with Crippen molar-refractivity contribution >= 4 is 5.82 Å². The van der Waals surface area contributed by atoms with Crippen LogP contribution in [0.25, 0.3) is 11.1 Å². The highest BCUT2D eigenvalue weighted by Gasteiger charge is 2.29. The quantitative estimate of drug-likeness (QED) is 0.769. The Kier molecular flexibility index (Phi) is 2.38. The van der Waals surface area contributed by atoms with Gasteiger partial charge in [-0.3, -0.25) is 0 Å². The van der Waals surface area contributed by atoms with Crippen molar-refractivity contribution in [2.45, 2.75) is 6.18 Å². The zero-order chi connectivity index (χ0) is 11.8. The van der Waals surface area contributed by atoms with Gasteiger partial charge in [0.05, 0.1) is 5.56 Å². The number of benzene rings is 1. The molecule has 0 aliphatic heterocycles. The highest BCUT2D eigenvalue weighted by Crippen LogP contribution is 2.31. The Hall–Kier alpha value is -1.91. The van der Waals surface area contributed by atoms with Crippen LogP contribution in [-0.4, -0.2) is 4.98 Å². The van der Waals surface area contributed by atoms with E-state index in [2.05, 4.69) is 4.98 Å². The van der Waals surface area contributed by atoms with Crippen LogP contribution in [0.2, 0.25) is 0 Å². The third kappa shape index (κ3) is 2.03. The Bertz CT molecular complexity index is 483. The van der Waals surface area contributed by atoms with E-state index in [-0.39, 0.29) is 0 Å². The highest BCUT2D eigenvalue weighted by molar-refractivity contribution is 5.66. The lowest BCUT2D eigenvalue weighted by Crippen LogP contribution is -2.03. The molecule has 16 heavy (non-hydrogen) atoms. The van der Waals surface area contributed by atoms with Crippen molar-refractivity contribution < 1.29 is 13.2 Å². The summed E-state index contributed by atoms with van der Waals surface area (Å²) in [4.78, 5) is 2.77. The van der Waals surface area contributed by atoms with Crippen molar-refractivity contribution in [3.05, 3.63) is 42.1 Å². The normalized spacial score (nSPS) is 11.7. The van der Waals surface area contributed by atoms with Gasteiger partial charge in [0.15, 0.2) is 0 Å². The Morgan fingerprint density at radius 2 is 1.62 bits per heavy atom. The summed E-state index contributed by atoms with van der Waals surface area (Å²) < 4.78 is 36.9. The van der Waals surface area contributed by atoms with Crippen molar-refractivity contribution in [3.8, 4) is 11.1 Å². The van der Waals surface area contributed by atoms with Crippen molar-refractivity contribution in [2.75, 3.05) is 5.73 Å². The van der Waals surface area contributed by atoms with Gasteiger partial charge in [0, 0.05) is 11.8 Å². The average molecular weight is 226 g/mol. The van der Waals surface area contributed by atoms with Crippen LogP contribution in [0.5, 0.6) is 0 Å². The van der Waals surface area contributed by atoms with Crippen LogP contribution < -0.4 is 5.73 Å². The van der Waals surface area contributed by atoms with Crippen LogP contribution in [0.4, 0.5) is 19.0 Å². The molecule has 2 nitrogen and oxygen atoms in total. The van der Waals surface area contributed by atoms with Crippen molar-refractivity contribution in [1.82, 2.24) is 4.98 Å². The van der Waals surface area contributed by atoms with Gasteiger partial charge in [0.2, 0.25) is 0 Å². The number of nitrogens with one attached hydrogen (secondary N) is 1. The first-order valence-electron chi connectivity index (χ1n) is 4.58. The molecule has 5 heteroatoms. The van der Waals surface area contributed by atoms with Gasteiger partial charge in [-0.05, 0) is 23.8 Å². The molecule has 0 fully saturated rings. The van der Waals surface area contributed by atoms with Crippen molar-refractivity contribution in [1.29, 1.82) is 0 Å². The number of aromatic amines is 1. The van der Waals surface area contributed by atoms with Gasteiger partial charge in [0.25, 0.3) is 0 Å². The number of aromatic nitrogens is 1. The Morgan fingerprint density at radius 3 is 2.06 bits per heavy atom. The molecule has 0 aliphatic rings. The lowest BCUT2D eigenvalue weighted by atomic mass is 10.1. The van der Waals surface area contributed by atoms with E-state index in [9.17, 15) is 13.2 Å². The van der Waals surface area contributed by atoms with Crippen LogP contribution in [-0.2, 0) is 6.18 Å². The number of nitrogens with two attached hydrogens (primary N) is 1. The Morgan fingerprint density at radius 1 is 1.00 bits per heavy atom. The fourth-order valence-corrected chi connectivity index (χ4v) is 1.43. The second-order valence-electron chi connectivity index (χ2n) is 3.42. The fourth-order valence-electron chi connectivity index (χ4n) is 1.43. The molecule has 0 aliphatic carbocycles. The molecule has 0 bridgehead atoms. The number of anilines is 1. The zero-order valence-corrected chi connectivity index (χ0v) is 8.18. The van der Waals surface area contributed by atoms with Crippen LogP contribution in [0.15, 0.2) is 36.5 Å².